The zero-order valence-electron chi connectivity index (χ0n) is 30.3. The van der Waals surface area contributed by atoms with Gasteiger partial charge in [-0.15, -0.1) is 21.9 Å². The maximum absolute atomic E-state index is 15.4. The van der Waals surface area contributed by atoms with Gasteiger partial charge in [-0.1, -0.05) is 30.3 Å². The number of carbonyl (C=O) groups excluding carboxylic acids is 2. The van der Waals surface area contributed by atoms with E-state index < -0.39 is 157 Å². The van der Waals surface area contributed by atoms with Crippen LogP contribution in [0.2, 0.25) is 0 Å². The summed E-state index contributed by atoms with van der Waals surface area (Å²) in [6.07, 6.45) is -2.72. The number of ketones is 2. The summed E-state index contributed by atoms with van der Waals surface area (Å²) >= 11 is 0. The third-order valence-corrected chi connectivity index (χ3v) is 9.32. The Labute approximate surface area is 341 Å². The van der Waals surface area contributed by atoms with E-state index in [9.17, 15) is 62.3 Å². The molecule has 1 N–H and O–H groups in total. The Balaban J connectivity index is 0.000000337. The molecule has 0 aliphatic heterocycles. The van der Waals surface area contributed by atoms with Gasteiger partial charge in [-0.2, -0.15) is 4.57 Å². The van der Waals surface area contributed by atoms with Crippen LogP contribution in [0.1, 0.15) is 20.8 Å². The second-order valence-electron chi connectivity index (χ2n) is 12.8. The van der Waals surface area contributed by atoms with E-state index in [0.29, 0.717) is 5.56 Å². The maximum atomic E-state index is 15.4. The zero-order valence-corrected chi connectivity index (χ0v) is 30.3. The topological polar surface area (TPSA) is 71.1 Å². The lowest BCUT2D eigenvalue weighted by atomic mass is 9.12. The average Bonchev–Trinajstić information content (AvgIpc) is 3.29. The van der Waals surface area contributed by atoms with Crippen molar-refractivity contribution in [2.75, 3.05) is 6.61 Å². The van der Waals surface area contributed by atoms with E-state index in [-0.39, 0.29) is 18.0 Å². The Bertz CT molecular complexity index is 2520. The second kappa shape index (κ2) is 18.1. The van der Waals surface area contributed by atoms with Crippen LogP contribution < -0.4 is 26.4 Å². The van der Waals surface area contributed by atoms with Gasteiger partial charge in [0.05, 0.1) is 6.20 Å². The molecule has 0 saturated carbocycles. The first kappa shape index (κ1) is 48.2. The van der Waals surface area contributed by atoms with Crippen molar-refractivity contribution < 1.29 is 107 Å². The summed E-state index contributed by atoms with van der Waals surface area (Å²) in [6.45, 7) is -0.470. The summed E-state index contributed by atoms with van der Waals surface area (Å²) in [4.78, 5) is 27.1. The van der Waals surface area contributed by atoms with E-state index in [1.54, 1.807) is 35.0 Å². The fourth-order valence-electron chi connectivity index (χ4n) is 6.51. The first-order valence-corrected chi connectivity index (χ1v) is 16.7. The maximum Gasteiger partial charge on any atom is 0.227 e. The van der Waals surface area contributed by atoms with Crippen LogP contribution in [0.15, 0.2) is 48.9 Å². The van der Waals surface area contributed by atoms with Crippen molar-refractivity contribution in [1.82, 2.24) is 4.98 Å². The Morgan fingerprint density at radius 1 is 0.438 bits per heavy atom. The minimum absolute atomic E-state index is 0.0563. The van der Waals surface area contributed by atoms with E-state index >= 15 is 35.1 Å². The number of aliphatic hydroxyl groups excluding tert-OH is 1. The number of carbonyl (C=O) groups is 2. The van der Waals surface area contributed by atoms with Gasteiger partial charge in [0.15, 0.2) is 87.9 Å². The number of halogens is 20. The fourth-order valence-corrected chi connectivity index (χ4v) is 6.51. The molecule has 0 unspecified atom stereocenters. The first-order chi connectivity index (χ1) is 29.9. The summed E-state index contributed by atoms with van der Waals surface area (Å²) in [7, 11) is 0. The van der Waals surface area contributed by atoms with Crippen LogP contribution in [-0.2, 0) is 6.54 Å². The molecule has 0 radical (unpaired) electrons. The lowest BCUT2D eigenvalue weighted by molar-refractivity contribution is -0.683. The molecule has 0 aliphatic carbocycles. The highest BCUT2D eigenvalue weighted by Crippen LogP contribution is 2.30. The van der Waals surface area contributed by atoms with E-state index in [2.05, 4.69) is 4.98 Å². The Morgan fingerprint density at radius 3 is 1.00 bits per heavy atom. The van der Waals surface area contributed by atoms with E-state index in [4.69, 9.17) is 5.11 Å². The van der Waals surface area contributed by atoms with Crippen molar-refractivity contribution in [3.8, 4) is 0 Å². The van der Waals surface area contributed by atoms with Gasteiger partial charge in [-0.3, -0.25) is 9.59 Å². The summed E-state index contributed by atoms with van der Waals surface area (Å²) in [5.74, 6) is -71.9. The number of Topliss-reactive ketones (excluding diaryl/α,β-unsaturated/α-hetero) is 2. The van der Waals surface area contributed by atoms with Crippen LogP contribution in [0, 0.1) is 116 Å². The zero-order chi connectivity index (χ0) is 48.0. The fraction of sp³-hybridized carbons (Fsp3) is 0.0526. The summed E-state index contributed by atoms with van der Waals surface area (Å²) in [6, 6.07) is 8.92. The Hall–Kier alpha value is -6.86. The average molecular weight is 936 g/mol. The molecule has 0 bridgehead atoms. The van der Waals surface area contributed by atoms with Gasteiger partial charge in [0.1, 0.15) is 59.3 Å². The number of hydrogen-bond donors (Lipinski definition) is 1. The van der Waals surface area contributed by atoms with Gasteiger partial charge in [-0.05, 0) is 0 Å². The van der Waals surface area contributed by atoms with Gasteiger partial charge in [-0.25, -0.2) is 92.8 Å². The molecule has 0 aliphatic rings. The molecule has 5 aromatic carbocycles. The van der Waals surface area contributed by atoms with Gasteiger partial charge >= 0.3 is 0 Å². The van der Waals surface area contributed by atoms with Crippen LogP contribution in [0.4, 0.5) is 87.8 Å². The highest BCUT2D eigenvalue weighted by Gasteiger charge is 2.52. The minimum atomic E-state index is -7.22. The first-order valence-electron chi connectivity index (χ1n) is 16.7. The van der Waals surface area contributed by atoms with Gasteiger partial charge in [0.25, 0.3) is 0 Å². The summed E-state index contributed by atoms with van der Waals surface area (Å²) in [5.41, 5.74) is -13.6. The molecule has 0 atom stereocenters. The third kappa shape index (κ3) is 7.67. The molecule has 6 rings (SSSR count). The number of rotatable bonds is 9. The number of benzene rings is 5. The third-order valence-electron chi connectivity index (χ3n) is 9.32. The largest absolute Gasteiger partial charge is 0.388 e. The van der Waals surface area contributed by atoms with Crippen LogP contribution in [-0.4, -0.2) is 34.4 Å². The van der Waals surface area contributed by atoms with Crippen molar-refractivity contribution in [3.63, 3.8) is 0 Å². The van der Waals surface area contributed by atoms with E-state index in [1.807, 2.05) is 6.07 Å². The second-order valence-corrected chi connectivity index (χ2v) is 12.8. The van der Waals surface area contributed by atoms with Crippen molar-refractivity contribution in [2.45, 2.75) is 6.54 Å². The molecule has 0 spiro atoms. The highest BCUT2D eigenvalue weighted by atomic mass is 19.2. The number of aliphatic hydroxyl groups is 1. The predicted octanol–water partition coefficient (Wildman–Crippen LogP) is 6.27. The molecular formula is C38H13BF20N2O3. The van der Waals surface area contributed by atoms with Gasteiger partial charge < -0.3 is 5.11 Å². The van der Waals surface area contributed by atoms with Crippen LogP contribution >= 0.6 is 0 Å². The molecule has 0 fully saturated rings. The summed E-state index contributed by atoms with van der Waals surface area (Å²) < 4.78 is 296. The van der Waals surface area contributed by atoms with Crippen LogP contribution in [0.25, 0.3) is 0 Å². The van der Waals surface area contributed by atoms with Gasteiger partial charge in [0.2, 0.25) is 18.1 Å². The monoisotopic (exact) mass is 936 g/mol. The molecule has 336 valence electrons. The molecular weight excluding hydrogens is 923 g/mol. The SMILES string of the molecule is Fc1c(F)c(F)c([B-](c2c(F)c(F)c(F)c(F)c2F)(c2c(F)c(F)c(F)c(F)c2F)c2c(F)c(F)c(F)c(F)c2F)c(F)c1F.O=C(C[n+]1ccnc(C(=O)CO)c1)c1ccccc1. The van der Waals surface area contributed by atoms with E-state index in [1.165, 1.54) is 12.4 Å². The minimum Gasteiger partial charge on any atom is -0.388 e. The molecule has 0 amide bonds. The van der Waals surface area contributed by atoms with Gasteiger partial charge in [0, 0.05) is 5.56 Å². The molecule has 1 aromatic heterocycles. The number of aromatic nitrogens is 2. The summed E-state index contributed by atoms with van der Waals surface area (Å²) in [5, 5.41) is 8.77. The Kier molecular flexibility index (Phi) is 13.6. The van der Waals surface area contributed by atoms with E-state index in [0.717, 1.165) is 0 Å². The van der Waals surface area contributed by atoms with Crippen molar-refractivity contribution in [2.24, 2.45) is 0 Å². The smallest absolute Gasteiger partial charge is 0.227 e. The molecule has 64 heavy (non-hydrogen) atoms. The van der Waals surface area contributed by atoms with Crippen molar-refractivity contribution in [3.05, 3.63) is 177 Å². The normalized spacial score (nSPS) is 11.5. The van der Waals surface area contributed by atoms with Crippen molar-refractivity contribution >= 4 is 39.6 Å². The molecule has 26 heteroatoms. The number of hydrogen-bond acceptors (Lipinski definition) is 4. The lowest BCUT2D eigenvalue weighted by Crippen LogP contribution is -2.81. The standard InChI is InChI=1S/C24BF20.C14H13N2O3/c26-5-1(6(27)14(35)21(42)13(5)34)25(2-7(28)15(36)22(43)16(37)8(2)29,3-9(30)17(38)23(44)18(39)10(3)31)4-11(32)19(40)24(45)20(41)12(4)33;17-10-14(19)12-8-16(7-6-15-12)9-13(18)11-4-2-1-3-5-11/h;1-8,17H,9-10H2/q-1;+1. The Morgan fingerprint density at radius 2 is 0.719 bits per heavy atom. The lowest BCUT2D eigenvalue weighted by Gasteiger charge is -2.44. The van der Waals surface area contributed by atoms with Crippen molar-refractivity contribution in [1.29, 1.82) is 0 Å². The molecule has 6 aromatic rings. The predicted molar refractivity (Wildman–Crippen MR) is 176 cm³/mol. The van der Waals surface area contributed by atoms with Crippen LogP contribution in [0.5, 0.6) is 0 Å². The molecule has 1 heterocycles. The molecule has 5 nitrogen and oxygen atoms in total. The number of nitrogens with zero attached hydrogens (tertiary/aromatic N) is 2. The molecule has 0 saturated heterocycles. The highest BCUT2D eigenvalue weighted by molar-refractivity contribution is 7.20. The quantitative estimate of drug-likeness (QED) is 0.0464. The van der Waals surface area contributed by atoms with Crippen LogP contribution in [0.3, 0.4) is 0 Å².